The lowest BCUT2D eigenvalue weighted by Crippen LogP contribution is -2.56. The van der Waals surface area contributed by atoms with Gasteiger partial charge in [0.25, 0.3) is 0 Å². The molecule has 2 aliphatic rings. The Bertz CT molecular complexity index is 1300. The highest BCUT2D eigenvalue weighted by Crippen LogP contribution is 2.30. The van der Waals surface area contributed by atoms with Crippen molar-refractivity contribution in [2.24, 2.45) is 13.0 Å². The minimum Gasteiger partial charge on any atom is -0.378 e. The maximum absolute atomic E-state index is 12.7. The molecular weight excluding hydrogens is 416 g/mol. The summed E-state index contributed by atoms with van der Waals surface area (Å²) >= 11 is 0. The number of fused-ring (bicyclic) bond motifs is 1. The van der Waals surface area contributed by atoms with E-state index >= 15 is 0 Å². The van der Waals surface area contributed by atoms with Crippen LogP contribution >= 0.6 is 0 Å². The number of amides is 1. The Kier molecular flexibility index (Phi) is 4.87. The van der Waals surface area contributed by atoms with Crippen LogP contribution in [-0.4, -0.2) is 69.5 Å². The summed E-state index contributed by atoms with van der Waals surface area (Å²) in [6.45, 7) is 4.23. The van der Waals surface area contributed by atoms with Crippen LogP contribution in [0.4, 0.5) is 5.69 Å². The third-order valence-electron chi connectivity index (χ3n) is 6.63. The summed E-state index contributed by atoms with van der Waals surface area (Å²) in [5, 5.41) is 4.26. The van der Waals surface area contributed by atoms with E-state index in [9.17, 15) is 4.79 Å². The van der Waals surface area contributed by atoms with Crippen LogP contribution in [0.2, 0.25) is 0 Å². The molecule has 2 aromatic heterocycles. The summed E-state index contributed by atoms with van der Waals surface area (Å²) in [6, 6.07) is 14.8. The molecule has 0 bridgehead atoms. The summed E-state index contributed by atoms with van der Waals surface area (Å²) in [6.07, 6.45) is 5.75. The predicted molar refractivity (Wildman–Crippen MR) is 126 cm³/mol. The highest BCUT2D eigenvalue weighted by atomic mass is 16.5. The van der Waals surface area contributed by atoms with E-state index in [0.29, 0.717) is 26.3 Å². The molecule has 1 amide bonds. The van der Waals surface area contributed by atoms with Crippen LogP contribution in [0.15, 0.2) is 61.2 Å². The van der Waals surface area contributed by atoms with Crippen molar-refractivity contribution < 1.29 is 9.53 Å². The fourth-order valence-electron chi connectivity index (χ4n) is 4.67. The molecule has 0 spiro atoms. The average molecular weight is 443 g/mol. The quantitative estimate of drug-likeness (QED) is 0.486. The molecular formula is C25H26N6O2. The topological polar surface area (TPSA) is 68.4 Å². The first-order valence-corrected chi connectivity index (χ1v) is 11.3. The molecule has 4 heterocycles. The number of nitrogens with zero attached hydrogens (tertiary/aromatic N) is 6. The molecule has 2 aromatic carbocycles. The summed E-state index contributed by atoms with van der Waals surface area (Å²) in [4.78, 5) is 21.5. The number of aryl methyl sites for hydroxylation is 1. The van der Waals surface area contributed by atoms with Gasteiger partial charge in [-0.1, -0.05) is 12.1 Å². The summed E-state index contributed by atoms with van der Waals surface area (Å²) < 4.78 is 9.29. The molecule has 0 unspecified atom stereocenters. The van der Waals surface area contributed by atoms with Crippen LogP contribution in [-0.2, 0) is 16.6 Å². The molecule has 0 saturated carbocycles. The second-order valence-electron chi connectivity index (χ2n) is 8.78. The highest BCUT2D eigenvalue weighted by molar-refractivity contribution is 5.85. The molecule has 0 aliphatic carbocycles. The van der Waals surface area contributed by atoms with E-state index in [1.807, 2.05) is 35.4 Å². The second-order valence-corrected chi connectivity index (χ2v) is 8.78. The van der Waals surface area contributed by atoms with E-state index in [1.54, 1.807) is 0 Å². The van der Waals surface area contributed by atoms with Crippen molar-refractivity contribution in [3.8, 4) is 16.8 Å². The van der Waals surface area contributed by atoms with Gasteiger partial charge in [-0.2, -0.15) is 5.10 Å². The number of hydrogen-bond acceptors (Lipinski definition) is 5. The van der Waals surface area contributed by atoms with Crippen molar-refractivity contribution in [3.05, 3.63) is 61.2 Å². The first-order valence-electron chi connectivity index (χ1n) is 11.3. The number of rotatable bonds is 4. The zero-order chi connectivity index (χ0) is 22.4. The van der Waals surface area contributed by atoms with E-state index in [1.165, 1.54) is 0 Å². The SMILES string of the molecule is Cn1cc(-c2ccc(-n3cnc4ccc(N5CC(C(=O)N6CCOCC6)C5)cc43)cc2)cn1. The zero-order valence-electron chi connectivity index (χ0n) is 18.6. The van der Waals surface area contributed by atoms with Crippen LogP contribution in [0.3, 0.4) is 0 Å². The molecule has 2 fully saturated rings. The van der Waals surface area contributed by atoms with Gasteiger partial charge in [0, 0.05) is 56.4 Å². The zero-order valence-corrected chi connectivity index (χ0v) is 18.6. The molecule has 0 radical (unpaired) electrons. The van der Waals surface area contributed by atoms with Gasteiger partial charge < -0.3 is 14.5 Å². The Morgan fingerprint density at radius 2 is 1.76 bits per heavy atom. The van der Waals surface area contributed by atoms with Gasteiger partial charge >= 0.3 is 0 Å². The van der Waals surface area contributed by atoms with Gasteiger partial charge in [0.15, 0.2) is 0 Å². The Morgan fingerprint density at radius 1 is 1.00 bits per heavy atom. The van der Waals surface area contributed by atoms with Crippen molar-refractivity contribution >= 4 is 22.6 Å². The molecule has 2 saturated heterocycles. The standard InChI is InChI=1S/C25H26N6O2/c1-28-14-19(13-27-28)18-2-4-21(5-3-18)31-17-26-23-7-6-22(12-24(23)31)30-15-20(16-30)25(32)29-8-10-33-11-9-29/h2-7,12-14,17,20H,8-11,15-16H2,1H3. The number of ether oxygens (including phenoxy) is 1. The molecule has 4 aromatic rings. The van der Waals surface area contributed by atoms with Crippen LogP contribution < -0.4 is 4.90 Å². The Balaban J connectivity index is 1.20. The van der Waals surface area contributed by atoms with Crippen molar-refractivity contribution in [2.75, 3.05) is 44.3 Å². The fourth-order valence-corrected chi connectivity index (χ4v) is 4.67. The predicted octanol–water partition coefficient (Wildman–Crippen LogP) is 2.72. The molecule has 8 heteroatoms. The minimum atomic E-state index is 0.0729. The molecule has 0 N–H and O–H groups in total. The number of hydrogen-bond donors (Lipinski definition) is 0. The van der Waals surface area contributed by atoms with Crippen molar-refractivity contribution in [1.29, 1.82) is 0 Å². The van der Waals surface area contributed by atoms with Crippen LogP contribution in [0.1, 0.15) is 0 Å². The fraction of sp³-hybridized carbons (Fsp3) is 0.320. The van der Waals surface area contributed by atoms with Gasteiger partial charge in [0.05, 0.1) is 36.4 Å². The minimum absolute atomic E-state index is 0.0729. The number of morpholine rings is 1. The number of carbonyl (C=O) groups excluding carboxylic acids is 1. The summed E-state index contributed by atoms with van der Waals surface area (Å²) in [5.74, 6) is 0.332. The highest BCUT2D eigenvalue weighted by Gasteiger charge is 2.36. The summed E-state index contributed by atoms with van der Waals surface area (Å²) in [7, 11) is 1.92. The lowest BCUT2D eigenvalue weighted by Gasteiger charge is -2.42. The third-order valence-corrected chi connectivity index (χ3v) is 6.63. The van der Waals surface area contributed by atoms with Crippen molar-refractivity contribution in [1.82, 2.24) is 24.2 Å². The maximum Gasteiger partial charge on any atom is 0.229 e. The maximum atomic E-state index is 12.7. The number of carbonyl (C=O) groups is 1. The monoisotopic (exact) mass is 442 g/mol. The van der Waals surface area contributed by atoms with Crippen LogP contribution in [0.5, 0.6) is 0 Å². The normalized spacial score (nSPS) is 16.9. The second kappa shape index (κ2) is 8.04. The van der Waals surface area contributed by atoms with Gasteiger partial charge in [-0.05, 0) is 35.9 Å². The lowest BCUT2D eigenvalue weighted by molar-refractivity contribution is -0.140. The van der Waals surface area contributed by atoms with Gasteiger partial charge in [-0.3, -0.25) is 14.0 Å². The Labute approximate surface area is 192 Å². The van der Waals surface area contributed by atoms with Crippen LogP contribution in [0.25, 0.3) is 27.8 Å². The first-order chi connectivity index (χ1) is 16.2. The molecule has 8 nitrogen and oxygen atoms in total. The lowest BCUT2D eigenvalue weighted by atomic mass is 9.97. The smallest absolute Gasteiger partial charge is 0.229 e. The Hall–Kier alpha value is -3.65. The third kappa shape index (κ3) is 3.66. The van der Waals surface area contributed by atoms with E-state index < -0.39 is 0 Å². The molecule has 0 atom stereocenters. The van der Waals surface area contributed by atoms with E-state index in [0.717, 1.165) is 46.6 Å². The number of aromatic nitrogens is 4. The van der Waals surface area contributed by atoms with Crippen LogP contribution in [0, 0.1) is 5.92 Å². The number of benzene rings is 2. The van der Waals surface area contributed by atoms with Crippen molar-refractivity contribution in [3.63, 3.8) is 0 Å². The number of anilines is 1. The van der Waals surface area contributed by atoms with Crippen molar-refractivity contribution in [2.45, 2.75) is 0 Å². The van der Waals surface area contributed by atoms with E-state index in [2.05, 4.69) is 62.0 Å². The molecule has 33 heavy (non-hydrogen) atoms. The van der Waals surface area contributed by atoms with Gasteiger partial charge in [-0.15, -0.1) is 0 Å². The van der Waals surface area contributed by atoms with E-state index in [4.69, 9.17) is 4.74 Å². The molecule has 168 valence electrons. The van der Waals surface area contributed by atoms with Gasteiger partial charge in [-0.25, -0.2) is 4.98 Å². The molecule has 6 rings (SSSR count). The van der Waals surface area contributed by atoms with Gasteiger partial charge in [0.1, 0.15) is 6.33 Å². The largest absolute Gasteiger partial charge is 0.378 e. The first kappa shape index (κ1) is 20.0. The van der Waals surface area contributed by atoms with Gasteiger partial charge in [0.2, 0.25) is 5.91 Å². The summed E-state index contributed by atoms with van der Waals surface area (Å²) in [5.41, 5.74) is 6.43. The average Bonchev–Trinajstić information content (AvgIpc) is 3.45. The number of imidazole rings is 1. The van der Waals surface area contributed by atoms with E-state index in [-0.39, 0.29) is 11.8 Å². The Morgan fingerprint density at radius 3 is 2.48 bits per heavy atom. The molecule has 2 aliphatic heterocycles.